The Morgan fingerprint density at radius 1 is 1.17 bits per heavy atom. The van der Waals surface area contributed by atoms with Crippen LogP contribution in [0.1, 0.15) is 58.7 Å². The van der Waals surface area contributed by atoms with Gasteiger partial charge in [-0.15, -0.1) is 17.9 Å². The number of hydrogen-bond acceptors (Lipinski definition) is 3. The number of thiophene rings is 1. The molecule has 0 radical (unpaired) electrons. The Balaban J connectivity index is 1.62. The average molecular weight is 552 g/mol. The van der Waals surface area contributed by atoms with E-state index in [1.54, 1.807) is 34.4 Å². The molecule has 1 atom stereocenters. The molecule has 2 heterocycles. The second-order valence-corrected chi connectivity index (χ2v) is 11.8. The van der Waals surface area contributed by atoms with Gasteiger partial charge in [0.2, 0.25) is 5.91 Å². The van der Waals surface area contributed by atoms with Crippen molar-refractivity contribution < 1.29 is 9.59 Å². The smallest absolute Gasteiger partial charge is 0.254 e. The maximum absolute atomic E-state index is 13.7. The number of halogens is 1. The van der Waals surface area contributed by atoms with E-state index in [4.69, 9.17) is 0 Å². The van der Waals surface area contributed by atoms with Crippen molar-refractivity contribution in [2.75, 3.05) is 19.6 Å². The van der Waals surface area contributed by atoms with E-state index < -0.39 is 0 Å². The molecule has 35 heavy (non-hydrogen) atoms. The fourth-order valence-corrected chi connectivity index (χ4v) is 5.85. The number of hydrogen-bond donors (Lipinski definition) is 0. The zero-order valence-corrected chi connectivity index (χ0v) is 22.9. The van der Waals surface area contributed by atoms with Gasteiger partial charge in [-0.2, -0.15) is 0 Å². The largest absolute Gasteiger partial charge is 0.330 e. The van der Waals surface area contributed by atoms with Gasteiger partial charge in [0.05, 0.1) is 6.04 Å². The first-order valence-corrected chi connectivity index (χ1v) is 13.5. The molecule has 0 aliphatic carbocycles. The standard InChI is InChI=1S/C29H31BrN2O2S/c1-5-15-31(28(34)21-7-6-8-23(30)18-21)19-26(33)32-16-13-25-24(14-17-35-25)27(32)20-9-11-22(12-10-20)29(2,3)4/h5-12,14,17-18,27H,1,13,15-16,19H2,2-4H3. The third kappa shape index (κ3) is 5.60. The van der Waals surface area contributed by atoms with Crippen molar-refractivity contribution in [3.8, 4) is 0 Å². The van der Waals surface area contributed by atoms with E-state index in [9.17, 15) is 9.59 Å². The third-order valence-electron chi connectivity index (χ3n) is 6.41. The van der Waals surface area contributed by atoms with Crippen molar-refractivity contribution in [1.29, 1.82) is 0 Å². The Bertz CT molecular complexity index is 1230. The van der Waals surface area contributed by atoms with Crippen LogP contribution < -0.4 is 0 Å². The Morgan fingerprint density at radius 2 is 1.91 bits per heavy atom. The number of fused-ring (bicyclic) bond motifs is 1. The lowest BCUT2D eigenvalue weighted by Gasteiger charge is -2.37. The highest BCUT2D eigenvalue weighted by molar-refractivity contribution is 9.10. The molecule has 6 heteroatoms. The molecular weight excluding hydrogens is 520 g/mol. The van der Waals surface area contributed by atoms with Crippen LogP contribution in [0, 0.1) is 0 Å². The predicted octanol–water partition coefficient (Wildman–Crippen LogP) is 6.61. The van der Waals surface area contributed by atoms with Gasteiger partial charge >= 0.3 is 0 Å². The summed E-state index contributed by atoms with van der Waals surface area (Å²) in [4.78, 5) is 31.8. The third-order valence-corrected chi connectivity index (χ3v) is 7.90. The molecule has 1 aliphatic heterocycles. The van der Waals surface area contributed by atoms with Gasteiger partial charge in [-0.25, -0.2) is 0 Å². The van der Waals surface area contributed by atoms with Crippen molar-refractivity contribution in [3.05, 3.63) is 104 Å². The first kappa shape index (κ1) is 25.4. The van der Waals surface area contributed by atoms with Crippen molar-refractivity contribution in [2.24, 2.45) is 0 Å². The zero-order chi connectivity index (χ0) is 25.2. The maximum atomic E-state index is 13.7. The second-order valence-electron chi connectivity index (χ2n) is 9.90. The van der Waals surface area contributed by atoms with Crippen LogP contribution in [0.2, 0.25) is 0 Å². The molecule has 182 valence electrons. The average Bonchev–Trinajstić information content (AvgIpc) is 3.31. The van der Waals surface area contributed by atoms with Crippen molar-refractivity contribution >= 4 is 39.1 Å². The fourth-order valence-electron chi connectivity index (χ4n) is 4.54. The molecule has 0 spiro atoms. The van der Waals surface area contributed by atoms with Gasteiger partial charge in [0, 0.05) is 28.0 Å². The number of carbonyl (C=O) groups is 2. The van der Waals surface area contributed by atoms with Crippen LogP contribution in [0.4, 0.5) is 0 Å². The molecule has 0 bridgehead atoms. The van der Waals surface area contributed by atoms with Crippen LogP contribution in [0.5, 0.6) is 0 Å². The van der Waals surface area contributed by atoms with E-state index >= 15 is 0 Å². The highest BCUT2D eigenvalue weighted by atomic mass is 79.9. The van der Waals surface area contributed by atoms with E-state index in [0.29, 0.717) is 18.7 Å². The minimum absolute atomic E-state index is 0.00735. The number of amides is 2. The minimum Gasteiger partial charge on any atom is -0.330 e. The highest BCUT2D eigenvalue weighted by Crippen LogP contribution is 2.38. The Hall–Kier alpha value is -2.70. The van der Waals surface area contributed by atoms with E-state index in [1.807, 2.05) is 17.0 Å². The molecule has 1 unspecified atom stereocenters. The van der Waals surface area contributed by atoms with Crippen LogP contribution >= 0.6 is 27.3 Å². The summed E-state index contributed by atoms with van der Waals surface area (Å²) < 4.78 is 0.827. The predicted molar refractivity (Wildman–Crippen MR) is 147 cm³/mol. The molecule has 0 saturated carbocycles. The molecule has 0 N–H and O–H groups in total. The summed E-state index contributed by atoms with van der Waals surface area (Å²) in [5.41, 5.74) is 4.15. The second kappa shape index (κ2) is 10.5. The van der Waals surface area contributed by atoms with E-state index in [0.717, 1.165) is 16.5 Å². The maximum Gasteiger partial charge on any atom is 0.254 e. The minimum atomic E-state index is -0.182. The summed E-state index contributed by atoms with van der Waals surface area (Å²) in [6.45, 7) is 11.3. The molecule has 1 aliphatic rings. The van der Waals surface area contributed by atoms with Gasteiger partial charge in [0.15, 0.2) is 0 Å². The lowest BCUT2D eigenvalue weighted by Crippen LogP contribution is -2.46. The van der Waals surface area contributed by atoms with Crippen LogP contribution in [-0.2, 0) is 16.6 Å². The molecule has 2 aromatic carbocycles. The van der Waals surface area contributed by atoms with E-state index in [2.05, 4.69) is 79.0 Å². The van der Waals surface area contributed by atoms with Gasteiger partial charge < -0.3 is 9.80 Å². The molecular formula is C29H31BrN2O2S. The lowest BCUT2D eigenvalue weighted by molar-refractivity contribution is -0.133. The van der Waals surface area contributed by atoms with Gasteiger partial charge in [0.25, 0.3) is 5.91 Å². The molecule has 1 aromatic heterocycles. The van der Waals surface area contributed by atoms with Crippen LogP contribution in [0.15, 0.2) is 77.1 Å². The zero-order valence-electron chi connectivity index (χ0n) is 20.5. The Morgan fingerprint density at radius 3 is 2.57 bits per heavy atom. The van der Waals surface area contributed by atoms with Gasteiger partial charge in [-0.1, -0.05) is 73.1 Å². The van der Waals surface area contributed by atoms with Gasteiger partial charge in [-0.05, 0) is 58.2 Å². The quantitative estimate of drug-likeness (QED) is 0.324. The number of nitrogens with zero attached hydrogens (tertiary/aromatic N) is 2. The molecule has 4 nitrogen and oxygen atoms in total. The first-order chi connectivity index (χ1) is 16.7. The van der Waals surface area contributed by atoms with E-state index in [-0.39, 0.29) is 29.8 Å². The summed E-state index contributed by atoms with van der Waals surface area (Å²) in [6.07, 6.45) is 2.50. The Labute approximate surface area is 220 Å². The lowest BCUT2D eigenvalue weighted by atomic mass is 9.85. The van der Waals surface area contributed by atoms with Crippen LogP contribution in [-0.4, -0.2) is 41.2 Å². The number of carbonyl (C=O) groups excluding carboxylic acids is 2. The number of benzene rings is 2. The van der Waals surface area contributed by atoms with Crippen molar-refractivity contribution in [2.45, 2.75) is 38.6 Å². The van der Waals surface area contributed by atoms with Crippen molar-refractivity contribution in [1.82, 2.24) is 9.80 Å². The molecule has 4 rings (SSSR count). The van der Waals surface area contributed by atoms with Crippen molar-refractivity contribution in [3.63, 3.8) is 0 Å². The summed E-state index contributed by atoms with van der Waals surface area (Å²) in [5, 5.41) is 2.11. The summed E-state index contributed by atoms with van der Waals surface area (Å²) >= 11 is 5.18. The van der Waals surface area contributed by atoms with Crippen LogP contribution in [0.3, 0.4) is 0 Å². The topological polar surface area (TPSA) is 40.6 Å². The van der Waals surface area contributed by atoms with Gasteiger partial charge in [0.1, 0.15) is 6.54 Å². The highest BCUT2D eigenvalue weighted by Gasteiger charge is 2.34. The fraction of sp³-hybridized carbons (Fsp3) is 0.310. The van der Waals surface area contributed by atoms with Crippen LogP contribution in [0.25, 0.3) is 0 Å². The SMILES string of the molecule is C=CCN(CC(=O)N1CCc2sccc2C1c1ccc(C(C)(C)C)cc1)C(=O)c1cccc(Br)c1. The molecule has 3 aromatic rings. The summed E-state index contributed by atoms with van der Waals surface area (Å²) in [6, 6.07) is 17.9. The first-order valence-electron chi connectivity index (χ1n) is 11.8. The number of rotatable bonds is 6. The Kier molecular flexibility index (Phi) is 7.62. The molecule has 0 fully saturated rings. The normalized spacial score (nSPS) is 15.4. The molecule has 0 saturated heterocycles. The monoisotopic (exact) mass is 550 g/mol. The summed E-state index contributed by atoms with van der Waals surface area (Å²) in [7, 11) is 0. The molecule has 2 amide bonds. The van der Waals surface area contributed by atoms with E-state index in [1.165, 1.54) is 16.0 Å². The summed E-state index contributed by atoms with van der Waals surface area (Å²) in [5.74, 6) is -0.240. The van der Waals surface area contributed by atoms with Gasteiger partial charge in [-0.3, -0.25) is 9.59 Å².